The van der Waals surface area contributed by atoms with Gasteiger partial charge in [-0.3, -0.25) is 0 Å². The van der Waals surface area contributed by atoms with Crippen LogP contribution in [0, 0.1) is 6.92 Å². The smallest absolute Gasteiger partial charge is 0.122 e. The highest BCUT2D eigenvalue weighted by Gasteiger charge is 2.05. The van der Waals surface area contributed by atoms with Crippen molar-refractivity contribution in [3.8, 4) is 11.5 Å². The molecule has 0 fully saturated rings. The molecule has 0 unspecified atom stereocenters. The van der Waals surface area contributed by atoms with Gasteiger partial charge in [-0.15, -0.1) is 0 Å². The first-order valence-electron chi connectivity index (χ1n) is 10.2. The van der Waals surface area contributed by atoms with Crippen molar-refractivity contribution in [2.45, 2.75) is 104 Å². The van der Waals surface area contributed by atoms with Gasteiger partial charge in [0.1, 0.15) is 11.5 Å². The van der Waals surface area contributed by atoms with Crippen LogP contribution in [0.1, 0.15) is 102 Å². The lowest BCUT2D eigenvalue weighted by Gasteiger charge is -2.08. The summed E-state index contributed by atoms with van der Waals surface area (Å²) in [5, 5.41) is 19.3. The summed E-state index contributed by atoms with van der Waals surface area (Å²) in [7, 11) is 0. The summed E-state index contributed by atoms with van der Waals surface area (Å²) in [4.78, 5) is 0. The van der Waals surface area contributed by atoms with Gasteiger partial charge in [0.05, 0.1) is 0 Å². The summed E-state index contributed by atoms with van der Waals surface area (Å²) in [5.74, 6) is 0.377. The largest absolute Gasteiger partial charge is 0.508 e. The maximum atomic E-state index is 9.72. The predicted molar refractivity (Wildman–Crippen MR) is 104 cm³/mol. The molecule has 2 heteroatoms. The number of phenolic OH excluding ortho intramolecular Hbond substituents is 2. The molecule has 0 saturated heterocycles. The lowest BCUT2D eigenvalue weighted by Crippen LogP contribution is -1.91. The van der Waals surface area contributed by atoms with Crippen LogP contribution >= 0.6 is 0 Å². The Kier molecular flexibility index (Phi) is 11.4. The molecule has 138 valence electrons. The van der Waals surface area contributed by atoms with Gasteiger partial charge in [0, 0.05) is 6.07 Å². The van der Waals surface area contributed by atoms with Crippen LogP contribution in [0.15, 0.2) is 12.1 Å². The molecule has 0 radical (unpaired) electrons. The summed E-state index contributed by atoms with van der Waals surface area (Å²) in [6.45, 7) is 4.20. The third-order valence-electron chi connectivity index (χ3n) is 5.02. The molecule has 0 aliphatic rings. The van der Waals surface area contributed by atoms with Crippen molar-refractivity contribution in [3.63, 3.8) is 0 Å². The van der Waals surface area contributed by atoms with Crippen molar-refractivity contribution in [1.82, 2.24) is 0 Å². The quantitative estimate of drug-likeness (QED) is 0.358. The monoisotopic (exact) mass is 334 g/mol. The Bertz CT molecular complexity index is 440. The minimum atomic E-state index is 0.169. The fourth-order valence-corrected chi connectivity index (χ4v) is 3.33. The van der Waals surface area contributed by atoms with E-state index in [0.717, 1.165) is 24.0 Å². The van der Waals surface area contributed by atoms with Crippen LogP contribution in [-0.2, 0) is 6.42 Å². The van der Waals surface area contributed by atoms with Gasteiger partial charge in [-0.05, 0) is 37.0 Å². The minimum Gasteiger partial charge on any atom is -0.508 e. The first-order valence-corrected chi connectivity index (χ1v) is 10.2. The van der Waals surface area contributed by atoms with E-state index < -0.39 is 0 Å². The molecule has 0 aliphatic heterocycles. The second kappa shape index (κ2) is 13.1. The average Bonchev–Trinajstić information content (AvgIpc) is 2.56. The number of benzene rings is 1. The maximum Gasteiger partial charge on any atom is 0.122 e. The second-order valence-corrected chi connectivity index (χ2v) is 7.24. The van der Waals surface area contributed by atoms with E-state index in [1.54, 1.807) is 6.07 Å². The van der Waals surface area contributed by atoms with Gasteiger partial charge in [-0.25, -0.2) is 0 Å². The van der Waals surface area contributed by atoms with Crippen LogP contribution in [0.5, 0.6) is 11.5 Å². The highest BCUT2D eigenvalue weighted by Crippen LogP contribution is 2.27. The third-order valence-corrected chi connectivity index (χ3v) is 5.02. The summed E-state index contributed by atoms with van der Waals surface area (Å²) in [6, 6.07) is 3.21. The number of aromatic hydroxyl groups is 2. The van der Waals surface area contributed by atoms with E-state index in [4.69, 9.17) is 0 Å². The average molecular weight is 335 g/mol. The van der Waals surface area contributed by atoms with Gasteiger partial charge in [0.2, 0.25) is 0 Å². The van der Waals surface area contributed by atoms with Crippen molar-refractivity contribution < 1.29 is 10.2 Å². The van der Waals surface area contributed by atoms with E-state index in [-0.39, 0.29) is 11.5 Å². The van der Waals surface area contributed by atoms with Gasteiger partial charge in [0.15, 0.2) is 0 Å². The Morgan fingerprint density at radius 1 is 0.667 bits per heavy atom. The van der Waals surface area contributed by atoms with E-state index in [9.17, 15) is 10.2 Å². The van der Waals surface area contributed by atoms with E-state index >= 15 is 0 Å². The van der Waals surface area contributed by atoms with Gasteiger partial charge in [-0.2, -0.15) is 0 Å². The number of unbranched alkanes of at least 4 members (excludes halogenated alkanes) is 12. The predicted octanol–water partition coefficient (Wildman–Crippen LogP) is 7.04. The molecule has 0 aliphatic carbocycles. The molecule has 2 N–H and O–H groups in total. The van der Waals surface area contributed by atoms with Crippen molar-refractivity contribution in [1.29, 1.82) is 0 Å². The minimum absolute atomic E-state index is 0.169. The number of aryl methyl sites for hydroxylation is 1. The molecule has 24 heavy (non-hydrogen) atoms. The highest BCUT2D eigenvalue weighted by molar-refractivity contribution is 5.44. The van der Waals surface area contributed by atoms with E-state index in [1.165, 1.54) is 83.1 Å². The zero-order valence-electron chi connectivity index (χ0n) is 15.9. The van der Waals surface area contributed by atoms with E-state index in [0.29, 0.717) is 0 Å². The van der Waals surface area contributed by atoms with Crippen LogP contribution in [0.3, 0.4) is 0 Å². The molecule has 0 spiro atoms. The standard InChI is InChI=1S/C22H38O2/c1-3-4-5-6-7-8-9-10-11-12-13-14-15-16-20-17-21(23)18-22(24)19(20)2/h17-18,23-24H,3-16H2,1-2H3. The molecule has 0 amide bonds. The molecule has 1 aromatic carbocycles. The van der Waals surface area contributed by atoms with Crippen molar-refractivity contribution >= 4 is 0 Å². The fraction of sp³-hybridized carbons (Fsp3) is 0.727. The van der Waals surface area contributed by atoms with Gasteiger partial charge in [0.25, 0.3) is 0 Å². The number of hydrogen-bond donors (Lipinski definition) is 2. The summed E-state index contributed by atoms with van der Waals surface area (Å²) in [5.41, 5.74) is 1.99. The molecular weight excluding hydrogens is 296 g/mol. The first kappa shape index (κ1) is 20.9. The molecular formula is C22H38O2. The van der Waals surface area contributed by atoms with Gasteiger partial charge < -0.3 is 10.2 Å². The molecule has 0 atom stereocenters. The number of phenols is 2. The molecule has 0 aromatic heterocycles. The summed E-state index contributed by atoms with van der Waals surface area (Å²) >= 11 is 0. The Morgan fingerprint density at radius 2 is 1.12 bits per heavy atom. The fourth-order valence-electron chi connectivity index (χ4n) is 3.33. The normalized spacial score (nSPS) is 11.1. The van der Waals surface area contributed by atoms with Crippen molar-refractivity contribution in [2.24, 2.45) is 0 Å². The first-order chi connectivity index (χ1) is 11.6. The van der Waals surface area contributed by atoms with Crippen LogP contribution in [-0.4, -0.2) is 10.2 Å². The number of rotatable bonds is 14. The Morgan fingerprint density at radius 3 is 1.62 bits per heavy atom. The van der Waals surface area contributed by atoms with Gasteiger partial charge >= 0.3 is 0 Å². The van der Waals surface area contributed by atoms with Crippen molar-refractivity contribution in [2.75, 3.05) is 0 Å². The zero-order chi connectivity index (χ0) is 17.6. The third kappa shape index (κ3) is 9.20. The van der Waals surface area contributed by atoms with Crippen LogP contribution < -0.4 is 0 Å². The molecule has 1 aromatic rings. The second-order valence-electron chi connectivity index (χ2n) is 7.24. The van der Waals surface area contributed by atoms with Crippen LogP contribution in [0.2, 0.25) is 0 Å². The molecule has 1 rings (SSSR count). The SMILES string of the molecule is CCCCCCCCCCCCCCCc1cc(O)cc(O)c1C. The molecule has 0 heterocycles. The lowest BCUT2D eigenvalue weighted by atomic mass is 9.99. The lowest BCUT2D eigenvalue weighted by molar-refractivity contribution is 0.446. The highest BCUT2D eigenvalue weighted by atomic mass is 16.3. The van der Waals surface area contributed by atoms with Crippen LogP contribution in [0.4, 0.5) is 0 Å². The zero-order valence-corrected chi connectivity index (χ0v) is 15.9. The molecule has 0 bridgehead atoms. The van der Waals surface area contributed by atoms with Crippen molar-refractivity contribution in [3.05, 3.63) is 23.3 Å². The summed E-state index contributed by atoms with van der Waals surface area (Å²) < 4.78 is 0. The molecule has 0 saturated carbocycles. The Labute approximate surface area is 149 Å². The Balaban J connectivity index is 1.94. The van der Waals surface area contributed by atoms with E-state index in [2.05, 4.69) is 6.92 Å². The topological polar surface area (TPSA) is 40.5 Å². The Hall–Kier alpha value is -1.18. The van der Waals surface area contributed by atoms with E-state index in [1.807, 2.05) is 6.92 Å². The molecule has 2 nitrogen and oxygen atoms in total. The van der Waals surface area contributed by atoms with Gasteiger partial charge in [-0.1, -0.05) is 84.0 Å². The number of hydrogen-bond acceptors (Lipinski definition) is 2. The summed E-state index contributed by atoms with van der Waals surface area (Å²) in [6.07, 6.45) is 18.6. The maximum absolute atomic E-state index is 9.72. The van der Waals surface area contributed by atoms with Crippen LogP contribution in [0.25, 0.3) is 0 Å².